The summed E-state index contributed by atoms with van der Waals surface area (Å²) < 4.78 is 48.9. The van der Waals surface area contributed by atoms with Crippen LogP contribution in [0.3, 0.4) is 0 Å². The molecule has 0 aliphatic carbocycles. The molecule has 0 aliphatic rings. The number of carboxylic acids is 1. The van der Waals surface area contributed by atoms with E-state index >= 15 is 0 Å². The van der Waals surface area contributed by atoms with Crippen molar-refractivity contribution in [1.82, 2.24) is 5.32 Å². The zero-order valence-electron chi connectivity index (χ0n) is 31.1. The number of rotatable bonds is 11. The predicted molar refractivity (Wildman–Crippen MR) is 214 cm³/mol. The third-order valence-corrected chi connectivity index (χ3v) is 6.46. The number of carbonyl (C=O) groups excluding carboxylic acids is 6. The third kappa shape index (κ3) is 24.3. The Balaban J connectivity index is -0.000000352. The Kier molecular flexibility index (Phi) is 28.9. The molecule has 1 amide bonds. The monoisotopic (exact) mass is 809 g/mol. The molecule has 0 aromatic heterocycles. The molecular weight excluding hydrogens is 751 g/mol. The molecule has 0 saturated heterocycles. The molecule has 0 saturated carbocycles. The summed E-state index contributed by atoms with van der Waals surface area (Å²) in [5.74, 6) is -3.86. The number of amides is 1. The number of carbonyl (C=O) groups is 7. The van der Waals surface area contributed by atoms with Crippen LogP contribution in [0.4, 0.5) is 23.7 Å². The van der Waals surface area contributed by atoms with E-state index in [4.69, 9.17) is 21.3 Å². The number of nitrogens with two attached hydrogens (primary N) is 2. The lowest BCUT2D eigenvalue weighted by molar-refractivity contribution is -0.136. The van der Waals surface area contributed by atoms with E-state index in [1.165, 1.54) is 63.4 Å². The number of anilines is 1. The number of esters is 1. The zero-order chi connectivity index (χ0) is 41.8. The molecule has 57 heavy (non-hydrogen) atoms. The van der Waals surface area contributed by atoms with Crippen molar-refractivity contribution in [1.29, 1.82) is 0 Å². The van der Waals surface area contributed by atoms with E-state index in [0.29, 0.717) is 11.1 Å². The van der Waals surface area contributed by atoms with Gasteiger partial charge in [-0.15, -0.1) is 0 Å². The average Bonchev–Trinajstić information content (AvgIpc) is 3.09. The molecule has 3 aromatic rings. The van der Waals surface area contributed by atoms with Crippen LogP contribution in [0.25, 0.3) is 0 Å². The van der Waals surface area contributed by atoms with E-state index in [1.54, 1.807) is 27.7 Å². The number of Topliss-reactive ketones (excluding diaryl/α,β-unsaturated/α-hetero) is 4. The number of carboxylic acid groups (broad SMARTS) is 1. The fourth-order valence-electron chi connectivity index (χ4n) is 3.69. The predicted octanol–water partition coefficient (Wildman–Crippen LogP) is 7.35. The normalized spacial score (nSPS) is 9.53. The summed E-state index contributed by atoms with van der Waals surface area (Å²) in [5.41, 5.74) is 11.0. The Morgan fingerprint density at radius 2 is 1.12 bits per heavy atom. The van der Waals surface area contributed by atoms with E-state index in [0.717, 1.165) is 12.1 Å². The van der Waals surface area contributed by atoms with Crippen LogP contribution in [0.1, 0.15) is 112 Å². The van der Waals surface area contributed by atoms with Crippen molar-refractivity contribution in [3.63, 3.8) is 0 Å². The number of hydrogen-bond acceptors (Lipinski definition) is 11. The summed E-state index contributed by atoms with van der Waals surface area (Å²) in [6.45, 7) is 9.08. The van der Waals surface area contributed by atoms with Crippen molar-refractivity contribution in [2.45, 2.75) is 88.7 Å². The molecule has 3 aromatic carbocycles. The summed E-state index contributed by atoms with van der Waals surface area (Å²) in [7, 11) is 1.25. The van der Waals surface area contributed by atoms with Gasteiger partial charge in [-0.25, -0.2) is 22.8 Å². The van der Waals surface area contributed by atoms with E-state index in [-0.39, 0.29) is 100 Å². The zero-order valence-corrected chi connectivity index (χ0v) is 31.1. The molecule has 0 spiro atoms. The molecule has 13 nitrogen and oxygen atoms in total. The maximum atomic E-state index is 13.6. The quantitative estimate of drug-likeness (QED) is 0.0848. The van der Waals surface area contributed by atoms with Gasteiger partial charge in [-0.1, -0.05) is 29.2 Å². The number of nitrogen functional groups attached to an aromatic ring is 1. The Morgan fingerprint density at radius 1 is 0.719 bits per heavy atom. The molecule has 0 atom stereocenters. The van der Waals surface area contributed by atoms with Crippen LogP contribution in [0.2, 0.25) is 0 Å². The van der Waals surface area contributed by atoms with Gasteiger partial charge in [0.1, 0.15) is 23.1 Å². The van der Waals surface area contributed by atoms with Crippen LogP contribution in [0.15, 0.2) is 54.6 Å². The first-order chi connectivity index (χ1) is 25.0. The number of aliphatic carboxylic acids is 1. The highest BCUT2D eigenvalue weighted by atomic mass is 19.1. The lowest BCUT2D eigenvalue weighted by atomic mass is 10.0. The highest BCUT2D eigenvalue weighted by molar-refractivity contribution is 5.95. The first-order valence-corrected chi connectivity index (χ1v) is 16.2. The maximum absolute atomic E-state index is 13.6. The standard InChI is InChI=1S/C16H20FNO4.C11H12FNO2.C8H8FNO2.C3H6O2.3CH4/c1-10(19)11-5-6-14(17)12(7-11)8-13(20)9-18-15(21)22-16(2,3)4;1-7(14)8-2-3-11(12)9(4-8)5-10(15)6-13;1-12-8(11)5-2-3-6(9)7(10)4-5;1-2-3(4)5;;;/h5-7H,8-9H2,1-4H3,(H,18,21);2-4H,5-6,13H2,1H3;2-4H,10H2,1H3;2H2,1H3,(H,4,5);3*1H4. The smallest absolute Gasteiger partial charge is 0.408 e. The molecule has 0 radical (unpaired) electrons. The summed E-state index contributed by atoms with van der Waals surface area (Å²) >= 11 is 0. The van der Waals surface area contributed by atoms with Crippen molar-refractivity contribution in [3.8, 4) is 0 Å². The minimum absolute atomic E-state index is 0. The minimum atomic E-state index is -0.745. The Bertz CT molecular complexity index is 1810. The molecule has 0 heterocycles. The number of ketones is 4. The molecule has 0 bridgehead atoms. The summed E-state index contributed by atoms with van der Waals surface area (Å²) in [5, 5.41) is 10.0. The van der Waals surface area contributed by atoms with E-state index in [1.807, 2.05) is 0 Å². The highest BCUT2D eigenvalue weighted by Gasteiger charge is 2.17. The average molecular weight is 810 g/mol. The van der Waals surface area contributed by atoms with Gasteiger partial charge in [0.15, 0.2) is 23.1 Å². The lowest BCUT2D eigenvalue weighted by Gasteiger charge is -2.19. The number of alkyl carbamates (subject to hydrolysis) is 1. The first-order valence-electron chi connectivity index (χ1n) is 16.2. The van der Waals surface area contributed by atoms with Gasteiger partial charge in [-0.2, -0.15) is 0 Å². The van der Waals surface area contributed by atoms with Crippen molar-refractivity contribution < 1.29 is 61.3 Å². The Hall–Kier alpha value is -5.90. The largest absolute Gasteiger partial charge is 0.481 e. The van der Waals surface area contributed by atoms with Gasteiger partial charge < -0.3 is 31.4 Å². The van der Waals surface area contributed by atoms with Crippen molar-refractivity contribution in [2.24, 2.45) is 5.73 Å². The van der Waals surface area contributed by atoms with Gasteiger partial charge in [0, 0.05) is 30.4 Å². The van der Waals surface area contributed by atoms with Crippen LogP contribution < -0.4 is 16.8 Å². The highest BCUT2D eigenvalue weighted by Crippen LogP contribution is 2.14. The second kappa shape index (κ2) is 28.5. The molecule has 0 unspecified atom stereocenters. The van der Waals surface area contributed by atoms with Gasteiger partial charge in [-0.3, -0.25) is 24.0 Å². The fraction of sp³-hybridized carbons (Fsp3) is 0.390. The lowest BCUT2D eigenvalue weighted by Crippen LogP contribution is -2.35. The van der Waals surface area contributed by atoms with Crippen molar-refractivity contribution >= 4 is 46.9 Å². The Labute approximate surface area is 333 Å². The van der Waals surface area contributed by atoms with E-state index in [2.05, 4.69) is 10.1 Å². The van der Waals surface area contributed by atoms with Crippen LogP contribution in [-0.2, 0) is 36.7 Å². The molecule has 0 fully saturated rings. The number of benzene rings is 3. The fourth-order valence-corrected chi connectivity index (χ4v) is 3.69. The maximum Gasteiger partial charge on any atom is 0.408 e. The molecule has 318 valence electrons. The first kappa shape index (κ1) is 57.8. The number of methoxy groups -OCH3 is 1. The minimum Gasteiger partial charge on any atom is -0.481 e. The van der Waals surface area contributed by atoms with Gasteiger partial charge in [0.25, 0.3) is 0 Å². The van der Waals surface area contributed by atoms with Crippen LogP contribution in [0.5, 0.6) is 0 Å². The van der Waals surface area contributed by atoms with Crippen LogP contribution in [-0.4, -0.2) is 72.1 Å². The Morgan fingerprint density at radius 3 is 1.47 bits per heavy atom. The topological polar surface area (TPSA) is 222 Å². The SMILES string of the molecule is C.C.C.CC(=O)c1ccc(F)c(CC(=O)CN)c1.CC(=O)c1ccc(F)c(CC(=O)CNC(=O)OC(C)(C)C)c1.CCC(=O)O.COC(=O)c1ccc(F)c(N)c1. The second-order valence-corrected chi connectivity index (χ2v) is 12.2. The number of hydrogen-bond donors (Lipinski definition) is 4. The second-order valence-electron chi connectivity index (χ2n) is 12.2. The molecule has 16 heteroatoms. The van der Waals surface area contributed by atoms with Crippen LogP contribution >= 0.6 is 0 Å². The van der Waals surface area contributed by atoms with Crippen molar-refractivity contribution in [2.75, 3.05) is 25.9 Å². The van der Waals surface area contributed by atoms with E-state index < -0.39 is 41.1 Å². The third-order valence-electron chi connectivity index (χ3n) is 6.46. The summed E-state index contributed by atoms with van der Waals surface area (Å²) in [4.78, 5) is 76.8. The number of nitrogens with one attached hydrogen (secondary N) is 1. The molecule has 6 N–H and O–H groups in total. The van der Waals surface area contributed by atoms with E-state index in [9.17, 15) is 46.7 Å². The number of ether oxygens (including phenoxy) is 2. The van der Waals surface area contributed by atoms with Gasteiger partial charge in [0.05, 0.1) is 31.5 Å². The molecule has 0 aliphatic heterocycles. The molecule has 3 rings (SSSR count). The summed E-state index contributed by atoms with van der Waals surface area (Å²) in [6.07, 6.45) is -0.759. The van der Waals surface area contributed by atoms with Gasteiger partial charge in [-0.05, 0) is 100 Å². The van der Waals surface area contributed by atoms with Gasteiger partial charge in [0.2, 0.25) is 0 Å². The van der Waals surface area contributed by atoms with Crippen molar-refractivity contribution in [3.05, 3.63) is 99.9 Å². The molecular formula is C41H58F3N3O10. The van der Waals surface area contributed by atoms with Gasteiger partial charge >= 0.3 is 18.0 Å². The number of halogens is 3. The van der Waals surface area contributed by atoms with Crippen LogP contribution in [0, 0.1) is 17.5 Å². The summed E-state index contributed by atoms with van der Waals surface area (Å²) in [6, 6.07) is 11.5.